The zero-order valence-corrected chi connectivity index (χ0v) is 15.8. The van der Waals surface area contributed by atoms with Crippen LogP contribution >= 0.6 is 0 Å². The van der Waals surface area contributed by atoms with Crippen molar-refractivity contribution in [2.24, 2.45) is 7.05 Å². The average molecular weight is 448 g/mol. The number of halogens is 6. The molecule has 14 heteroatoms. The number of hydrogen-bond donors (Lipinski definition) is 1. The lowest BCUT2D eigenvalue weighted by Gasteiger charge is -2.22. The fourth-order valence-corrected chi connectivity index (χ4v) is 3.35. The third-order valence-corrected chi connectivity index (χ3v) is 4.77. The number of nitrogens with zero attached hydrogens (tertiary/aromatic N) is 5. The number of alkyl halides is 6. The van der Waals surface area contributed by atoms with Crippen LogP contribution < -0.4 is 5.32 Å². The van der Waals surface area contributed by atoms with Crippen molar-refractivity contribution in [1.82, 2.24) is 29.9 Å². The fourth-order valence-electron chi connectivity index (χ4n) is 3.35. The number of rotatable bonds is 3. The predicted molar refractivity (Wildman–Crippen MR) is 90.0 cm³/mol. The highest BCUT2D eigenvalue weighted by Crippen LogP contribution is 2.33. The second-order valence-corrected chi connectivity index (χ2v) is 6.93. The molecular weight excluding hydrogens is 434 g/mol. The Morgan fingerprint density at radius 1 is 1.19 bits per heavy atom. The molecule has 31 heavy (non-hydrogen) atoms. The summed E-state index contributed by atoms with van der Waals surface area (Å²) in [6.45, 7) is 0. The van der Waals surface area contributed by atoms with Crippen molar-refractivity contribution < 1.29 is 35.6 Å². The van der Waals surface area contributed by atoms with Crippen LogP contribution in [-0.4, -0.2) is 30.5 Å². The molecule has 166 valence electrons. The third kappa shape index (κ3) is 4.01. The molecule has 0 aromatic carbocycles. The van der Waals surface area contributed by atoms with Gasteiger partial charge < -0.3 is 9.73 Å². The van der Waals surface area contributed by atoms with Crippen LogP contribution in [0.2, 0.25) is 0 Å². The molecule has 1 aliphatic rings. The SMILES string of the molecule is Cn1nc(C(F)(F)F)cc1C(=O)NC1CCCc2nn(-c3cnc(C(F)(F)F)o3)cc21. The van der Waals surface area contributed by atoms with Crippen LogP contribution in [0, 0.1) is 0 Å². The highest BCUT2D eigenvalue weighted by atomic mass is 19.4. The van der Waals surface area contributed by atoms with Gasteiger partial charge in [-0.2, -0.15) is 36.5 Å². The summed E-state index contributed by atoms with van der Waals surface area (Å²) in [5, 5.41) is 10.2. The Kier molecular flexibility index (Phi) is 4.81. The van der Waals surface area contributed by atoms with Crippen LogP contribution in [0.1, 0.15) is 52.2 Å². The largest absolute Gasteiger partial charge is 0.469 e. The first-order valence-electron chi connectivity index (χ1n) is 8.97. The smallest absolute Gasteiger partial charge is 0.414 e. The van der Waals surface area contributed by atoms with Crippen molar-refractivity contribution in [2.75, 3.05) is 0 Å². The van der Waals surface area contributed by atoms with E-state index in [2.05, 4.69) is 20.5 Å². The highest BCUT2D eigenvalue weighted by Gasteiger charge is 2.38. The minimum atomic E-state index is -4.75. The Morgan fingerprint density at radius 2 is 1.94 bits per heavy atom. The normalized spacial score (nSPS) is 16.9. The maximum Gasteiger partial charge on any atom is 0.469 e. The quantitative estimate of drug-likeness (QED) is 0.620. The molecule has 3 aromatic heterocycles. The molecular formula is C17H14F6N6O2. The Hall–Kier alpha value is -3.32. The molecule has 1 N–H and O–H groups in total. The lowest BCUT2D eigenvalue weighted by molar-refractivity contribution is -0.157. The number of fused-ring (bicyclic) bond motifs is 1. The van der Waals surface area contributed by atoms with Gasteiger partial charge in [0.15, 0.2) is 5.69 Å². The lowest BCUT2D eigenvalue weighted by atomic mass is 9.93. The van der Waals surface area contributed by atoms with E-state index in [-0.39, 0.29) is 11.6 Å². The first-order chi connectivity index (χ1) is 14.4. The molecule has 0 radical (unpaired) electrons. The molecule has 1 aliphatic carbocycles. The van der Waals surface area contributed by atoms with Gasteiger partial charge in [-0.05, 0) is 19.3 Å². The summed E-state index contributed by atoms with van der Waals surface area (Å²) in [6, 6.07) is 0.0506. The minimum Gasteiger partial charge on any atom is -0.414 e. The van der Waals surface area contributed by atoms with Crippen LogP contribution in [0.25, 0.3) is 5.88 Å². The number of aromatic nitrogens is 5. The van der Waals surface area contributed by atoms with Crippen molar-refractivity contribution in [2.45, 2.75) is 37.7 Å². The highest BCUT2D eigenvalue weighted by molar-refractivity contribution is 5.93. The first-order valence-corrected chi connectivity index (χ1v) is 8.97. The van der Waals surface area contributed by atoms with Gasteiger partial charge in [0.05, 0.1) is 17.9 Å². The van der Waals surface area contributed by atoms with Crippen LogP contribution in [0.3, 0.4) is 0 Å². The molecule has 8 nitrogen and oxygen atoms in total. The number of carbonyl (C=O) groups is 1. The van der Waals surface area contributed by atoms with E-state index in [9.17, 15) is 31.1 Å². The second-order valence-electron chi connectivity index (χ2n) is 6.93. The van der Waals surface area contributed by atoms with E-state index in [1.54, 1.807) is 0 Å². The van der Waals surface area contributed by atoms with Crippen LogP contribution in [-0.2, 0) is 25.8 Å². The van der Waals surface area contributed by atoms with E-state index in [0.717, 1.165) is 15.6 Å². The standard InChI is InChI=1S/C17H14F6N6O2/c1-28-11(5-12(27-28)16(18,19)20)14(30)25-9-3-2-4-10-8(9)7-29(26-10)13-6-24-15(31-13)17(21,22)23/h5-7,9H,2-4H2,1H3,(H,25,30). The maximum absolute atomic E-state index is 12.8. The summed E-state index contributed by atoms with van der Waals surface area (Å²) >= 11 is 0. The fraction of sp³-hybridized carbons (Fsp3) is 0.412. The summed E-state index contributed by atoms with van der Waals surface area (Å²) in [7, 11) is 1.22. The van der Waals surface area contributed by atoms with E-state index in [1.807, 2.05) is 0 Å². The number of oxazole rings is 1. The Labute approximate surface area is 169 Å². The molecule has 3 aromatic rings. The van der Waals surface area contributed by atoms with E-state index in [0.29, 0.717) is 36.6 Å². The van der Waals surface area contributed by atoms with E-state index < -0.39 is 35.9 Å². The number of nitrogens with one attached hydrogen (secondary N) is 1. The van der Waals surface area contributed by atoms with Crippen molar-refractivity contribution in [3.05, 3.63) is 47.0 Å². The monoisotopic (exact) mass is 448 g/mol. The Bertz CT molecular complexity index is 1130. The molecule has 3 heterocycles. The summed E-state index contributed by atoms with van der Waals surface area (Å²) in [5.41, 5.74) is -0.412. The molecule has 0 bridgehead atoms. The average Bonchev–Trinajstić information content (AvgIpc) is 3.38. The van der Waals surface area contributed by atoms with Crippen molar-refractivity contribution in [3.8, 4) is 5.88 Å². The van der Waals surface area contributed by atoms with E-state index >= 15 is 0 Å². The first kappa shape index (κ1) is 20.9. The van der Waals surface area contributed by atoms with Crippen LogP contribution in [0.15, 0.2) is 22.9 Å². The molecule has 0 fully saturated rings. The number of amides is 1. The molecule has 0 spiro atoms. The predicted octanol–water partition coefficient (Wildman–Crippen LogP) is 3.44. The Balaban J connectivity index is 1.57. The van der Waals surface area contributed by atoms with Crippen molar-refractivity contribution in [1.29, 1.82) is 0 Å². The zero-order valence-electron chi connectivity index (χ0n) is 15.8. The molecule has 1 unspecified atom stereocenters. The van der Waals surface area contributed by atoms with Crippen molar-refractivity contribution in [3.63, 3.8) is 0 Å². The van der Waals surface area contributed by atoms with Crippen LogP contribution in [0.4, 0.5) is 26.3 Å². The number of carbonyl (C=O) groups excluding carboxylic acids is 1. The van der Waals surface area contributed by atoms with E-state index in [4.69, 9.17) is 4.42 Å². The summed E-state index contributed by atoms with van der Waals surface area (Å²) < 4.78 is 83.3. The lowest BCUT2D eigenvalue weighted by Crippen LogP contribution is -2.31. The van der Waals surface area contributed by atoms with E-state index in [1.165, 1.54) is 13.2 Å². The maximum atomic E-state index is 12.8. The van der Waals surface area contributed by atoms with Gasteiger partial charge in [-0.25, -0.2) is 9.67 Å². The van der Waals surface area contributed by atoms with Gasteiger partial charge in [0.1, 0.15) is 5.69 Å². The van der Waals surface area contributed by atoms with Crippen LogP contribution in [0.5, 0.6) is 0 Å². The van der Waals surface area contributed by atoms with Gasteiger partial charge in [0.25, 0.3) is 5.91 Å². The van der Waals surface area contributed by atoms with Gasteiger partial charge in [-0.15, -0.1) is 0 Å². The van der Waals surface area contributed by atoms with Gasteiger partial charge in [-0.3, -0.25) is 9.48 Å². The second kappa shape index (κ2) is 7.13. The number of hydrogen-bond acceptors (Lipinski definition) is 5. The summed E-state index contributed by atoms with van der Waals surface area (Å²) in [4.78, 5) is 15.7. The zero-order chi connectivity index (χ0) is 22.6. The summed E-state index contributed by atoms with van der Waals surface area (Å²) in [5.74, 6) is -2.44. The van der Waals surface area contributed by atoms with Gasteiger partial charge in [0.2, 0.25) is 5.88 Å². The topological polar surface area (TPSA) is 90.8 Å². The van der Waals surface area contributed by atoms with Crippen molar-refractivity contribution >= 4 is 5.91 Å². The minimum absolute atomic E-state index is 0.256. The number of aryl methyl sites for hydroxylation is 2. The molecule has 0 saturated heterocycles. The molecule has 0 aliphatic heterocycles. The summed E-state index contributed by atoms with van der Waals surface area (Å²) in [6.07, 6.45) is -5.56. The molecule has 1 amide bonds. The molecule has 1 atom stereocenters. The van der Waals surface area contributed by atoms with Gasteiger partial charge in [-0.1, -0.05) is 0 Å². The molecule has 0 saturated carbocycles. The molecule has 4 rings (SSSR count). The van der Waals surface area contributed by atoms with Gasteiger partial charge in [0, 0.05) is 24.9 Å². The third-order valence-electron chi connectivity index (χ3n) is 4.77. The van der Waals surface area contributed by atoms with Gasteiger partial charge >= 0.3 is 18.2 Å². The Morgan fingerprint density at radius 3 is 2.55 bits per heavy atom.